The Morgan fingerprint density at radius 3 is 2.52 bits per heavy atom. The summed E-state index contributed by atoms with van der Waals surface area (Å²) in [6.45, 7) is 10.3. The molecule has 2 N–H and O–H groups in total. The van der Waals surface area contributed by atoms with Gasteiger partial charge in [0, 0.05) is 33.4 Å². The molecule has 2 aliphatic rings. The standard InChI is InChI=1S/C18H36N4O2.HI/c1-16-5-11-22(12-6-16)10-3-8-20-18(19-2)21-9-4-13-24-17-7-14-23-15-17;/h16-17H,3-15H2,1-2H3,(H2,19,20,21);1H. The van der Waals surface area contributed by atoms with E-state index < -0.39 is 0 Å². The number of rotatable bonds is 9. The van der Waals surface area contributed by atoms with Gasteiger partial charge in [-0.25, -0.2) is 0 Å². The minimum absolute atomic E-state index is 0. The third-order valence-electron chi connectivity index (χ3n) is 4.90. The molecule has 2 aliphatic heterocycles. The Morgan fingerprint density at radius 1 is 1.16 bits per heavy atom. The highest BCUT2D eigenvalue weighted by Gasteiger charge is 2.15. The molecule has 0 aliphatic carbocycles. The Kier molecular flexibility index (Phi) is 12.8. The van der Waals surface area contributed by atoms with Gasteiger partial charge in [0.1, 0.15) is 0 Å². The van der Waals surface area contributed by atoms with E-state index in [4.69, 9.17) is 9.47 Å². The molecule has 0 bridgehead atoms. The van der Waals surface area contributed by atoms with Crippen LogP contribution in [0.2, 0.25) is 0 Å². The second-order valence-corrected chi connectivity index (χ2v) is 7.01. The van der Waals surface area contributed by atoms with Gasteiger partial charge in [-0.3, -0.25) is 4.99 Å². The summed E-state index contributed by atoms with van der Waals surface area (Å²) in [4.78, 5) is 6.86. The largest absolute Gasteiger partial charge is 0.379 e. The van der Waals surface area contributed by atoms with Gasteiger partial charge in [0.2, 0.25) is 0 Å². The number of hydrogen-bond donors (Lipinski definition) is 2. The van der Waals surface area contributed by atoms with Gasteiger partial charge in [0.15, 0.2) is 5.96 Å². The Bertz CT molecular complexity index is 357. The van der Waals surface area contributed by atoms with E-state index in [0.29, 0.717) is 6.10 Å². The van der Waals surface area contributed by atoms with Crippen molar-refractivity contribution in [1.29, 1.82) is 0 Å². The summed E-state index contributed by atoms with van der Waals surface area (Å²) >= 11 is 0. The van der Waals surface area contributed by atoms with E-state index in [1.165, 1.54) is 38.9 Å². The number of aliphatic imine (C=N–C) groups is 1. The number of nitrogens with one attached hydrogen (secondary N) is 2. The number of hydrogen-bond acceptors (Lipinski definition) is 4. The van der Waals surface area contributed by atoms with Crippen molar-refractivity contribution >= 4 is 29.9 Å². The highest BCUT2D eigenvalue weighted by Crippen LogP contribution is 2.15. The van der Waals surface area contributed by atoms with Gasteiger partial charge < -0.3 is 25.0 Å². The molecule has 2 saturated heterocycles. The Balaban J connectivity index is 0.00000312. The summed E-state index contributed by atoms with van der Waals surface area (Å²) in [6.07, 6.45) is 6.20. The third-order valence-corrected chi connectivity index (χ3v) is 4.90. The lowest BCUT2D eigenvalue weighted by atomic mass is 9.99. The van der Waals surface area contributed by atoms with Gasteiger partial charge in [0.25, 0.3) is 0 Å². The smallest absolute Gasteiger partial charge is 0.190 e. The molecule has 0 radical (unpaired) electrons. The molecule has 0 aromatic rings. The fourth-order valence-electron chi connectivity index (χ4n) is 3.19. The number of halogens is 1. The molecule has 2 rings (SSSR count). The number of piperidine rings is 1. The summed E-state index contributed by atoms with van der Waals surface area (Å²) < 4.78 is 11.1. The van der Waals surface area contributed by atoms with E-state index in [9.17, 15) is 0 Å². The summed E-state index contributed by atoms with van der Waals surface area (Å²) in [5, 5.41) is 6.75. The SMILES string of the molecule is CN=C(NCCCOC1CCOC1)NCCCN1CCC(C)CC1.I. The molecular weight excluding hydrogens is 431 g/mol. The van der Waals surface area contributed by atoms with Crippen LogP contribution < -0.4 is 10.6 Å². The van der Waals surface area contributed by atoms with E-state index in [1.54, 1.807) is 0 Å². The number of nitrogens with zero attached hydrogens (tertiary/aromatic N) is 2. The van der Waals surface area contributed by atoms with E-state index in [0.717, 1.165) is 57.6 Å². The molecule has 2 fully saturated rings. The van der Waals surface area contributed by atoms with Crippen molar-refractivity contribution in [2.75, 3.05) is 59.6 Å². The van der Waals surface area contributed by atoms with Crippen LogP contribution in [0.25, 0.3) is 0 Å². The van der Waals surface area contributed by atoms with Gasteiger partial charge in [-0.1, -0.05) is 6.92 Å². The van der Waals surface area contributed by atoms with Crippen LogP contribution in [0.4, 0.5) is 0 Å². The summed E-state index contributed by atoms with van der Waals surface area (Å²) in [5.41, 5.74) is 0. The van der Waals surface area contributed by atoms with Crippen LogP contribution in [0.3, 0.4) is 0 Å². The van der Waals surface area contributed by atoms with E-state index in [2.05, 4.69) is 27.4 Å². The lowest BCUT2D eigenvalue weighted by Crippen LogP contribution is -2.40. The fourth-order valence-corrected chi connectivity index (χ4v) is 3.19. The molecular formula is C18H37IN4O2. The quantitative estimate of drug-likeness (QED) is 0.235. The van der Waals surface area contributed by atoms with E-state index in [-0.39, 0.29) is 24.0 Å². The van der Waals surface area contributed by atoms with Gasteiger partial charge in [0.05, 0.1) is 12.7 Å². The number of ether oxygens (including phenoxy) is 2. The second kappa shape index (κ2) is 14.0. The molecule has 0 saturated carbocycles. The van der Waals surface area contributed by atoms with Crippen LogP contribution in [-0.2, 0) is 9.47 Å². The first-order valence-corrected chi connectivity index (χ1v) is 9.64. The maximum absolute atomic E-state index is 5.76. The number of guanidine groups is 1. The van der Waals surface area contributed by atoms with Crippen LogP contribution in [0, 0.1) is 5.92 Å². The Morgan fingerprint density at radius 2 is 1.88 bits per heavy atom. The van der Waals surface area contributed by atoms with E-state index in [1.807, 2.05) is 7.05 Å². The van der Waals surface area contributed by atoms with Crippen molar-refractivity contribution in [2.24, 2.45) is 10.9 Å². The van der Waals surface area contributed by atoms with Gasteiger partial charge in [-0.15, -0.1) is 24.0 Å². The van der Waals surface area contributed by atoms with Gasteiger partial charge >= 0.3 is 0 Å². The topological polar surface area (TPSA) is 58.1 Å². The van der Waals surface area contributed by atoms with Crippen molar-refractivity contribution in [1.82, 2.24) is 15.5 Å². The van der Waals surface area contributed by atoms with Crippen molar-refractivity contribution < 1.29 is 9.47 Å². The van der Waals surface area contributed by atoms with Crippen LogP contribution >= 0.6 is 24.0 Å². The summed E-state index contributed by atoms with van der Waals surface area (Å²) in [6, 6.07) is 0. The molecule has 0 spiro atoms. The van der Waals surface area contributed by atoms with Gasteiger partial charge in [-0.05, 0) is 57.7 Å². The maximum atomic E-state index is 5.76. The predicted molar refractivity (Wildman–Crippen MR) is 114 cm³/mol. The van der Waals surface area contributed by atoms with E-state index >= 15 is 0 Å². The molecule has 1 atom stereocenters. The third kappa shape index (κ3) is 9.96. The monoisotopic (exact) mass is 468 g/mol. The predicted octanol–water partition coefficient (Wildman–Crippen LogP) is 2.09. The molecule has 6 nitrogen and oxygen atoms in total. The minimum Gasteiger partial charge on any atom is -0.379 e. The molecule has 7 heteroatoms. The first-order chi connectivity index (χ1) is 11.8. The molecule has 1 unspecified atom stereocenters. The Labute approximate surface area is 170 Å². The summed E-state index contributed by atoms with van der Waals surface area (Å²) in [7, 11) is 1.83. The van der Waals surface area contributed by atoms with Crippen LogP contribution in [0.1, 0.15) is 39.0 Å². The molecule has 0 aromatic heterocycles. The molecule has 148 valence electrons. The maximum Gasteiger partial charge on any atom is 0.190 e. The second-order valence-electron chi connectivity index (χ2n) is 7.01. The van der Waals surface area contributed by atoms with Crippen molar-refractivity contribution in [3.8, 4) is 0 Å². The van der Waals surface area contributed by atoms with Crippen molar-refractivity contribution in [3.05, 3.63) is 0 Å². The van der Waals surface area contributed by atoms with Crippen molar-refractivity contribution in [2.45, 2.75) is 45.1 Å². The number of likely N-dealkylation sites (tertiary alicyclic amines) is 1. The van der Waals surface area contributed by atoms with Crippen LogP contribution in [0.5, 0.6) is 0 Å². The molecule has 2 heterocycles. The zero-order chi connectivity index (χ0) is 17.0. The van der Waals surface area contributed by atoms with Crippen molar-refractivity contribution in [3.63, 3.8) is 0 Å². The Hall–Kier alpha value is -0.120. The lowest BCUT2D eigenvalue weighted by Gasteiger charge is -2.30. The highest BCUT2D eigenvalue weighted by molar-refractivity contribution is 14.0. The average Bonchev–Trinajstić information content (AvgIpc) is 3.11. The fraction of sp³-hybridized carbons (Fsp3) is 0.944. The normalized spacial score (nSPS) is 22.6. The molecule has 0 amide bonds. The summed E-state index contributed by atoms with van der Waals surface area (Å²) in [5.74, 6) is 1.80. The van der Waals surface area contributed by atoms with Crippen LogP contribution in [-0.4, -0.2) is 76.6 Å². The average molecular weight is 468 g/mol. The van der Waals surface area contributed by atoms with Gasteiger partial charge in [-0.2, -0.15) is 0 Å². The van der Waals surface area contributed by atoms with Crippen LogP contribution in [0.15, 0.2) is 4.99 Å². The lowest BCUT2D eigenvalue weighted by molar-refractivity contribution is 0.0420. The molecule has 25 heavy (non-hydrogen) atoms. The highest BCUT2D eigenvalue weighted by atomic mass is 127. The first kappa shape index (κ1) is 22.9. The molecule has 0 aromatic carbocycles. The zero-order valence-corrected chi connectivity index (χ0v) is 18.3. The first-order valence-electron chi connectivity index (χ1n) is 9.64. The zero-order valence-electron chi connectivity index (χ0n) is 16.0. The minimum atomic E-state index is 0.